The Morgan fingerprint density at radius 3 is 3.00 bits per heavy atom. The third-order valence-corrected chi connectivity index (χ3v) is 5.52. The van der Waals surface area contributed by atoms with Gasteiger partial charge in [-0.05, 0) is 39.8 Å². The first kappa shape index (κ1) is 16.6. The highest BCUT2D eigenvalue weighted by molar-refractivity contribution is 7.10. The molecule has 0 saturated heterocycles. The van der Waals surface area contributed by atoms with Crippen molar-refractivity contribution in [2.45, 2.75) is 45.7 Å². The molecule has 7 nitrogen and oxygen atoms in total. The lowest BCUT2D eigenvalue weighted by atomic mass is 9.97. The maximum Gasteiger partial charge on any atom is 0.381 e. The lowest BCUT2D eigenvalue weighted by Crippen LogP contribution is -2.39. The number of fused-ring (bicyclic) bond motifs is 1. The number of carbonyl (C=O) groups excluding carboxylic acids is 1. The molecule has 0 aliphatic carbocycles. The summed E-state index contributed by atoms with van der Waals surface area (Å²) in [4.78, 5) is 30.2. The second-order valence-corrected chi connectivity index (χ2v) is 6.91. The minimum absolute atomic E-state index is 0.0921. The highest BCUT2D eigenvalue weighted by Gasteiger charge is 2.30. The van der Waals surface area contributed by atoms with Crippen LogP contribution in [-0.4, -0.2) is 31.8 Å². The van der Waals surface area contributed by atoms with E-state index in [1.807, 2.05) is 4.90 Å². The molecule has 1 aliphatic heterocycles. The van der Waals surface area contributed by atoms with Gasteiger partial charge in [0, 0.05) is 31.3 Å². The van der Waals surface area contributed by atoms with E-state index in [1.165, 1.54) is 16.6 Å². The molecule has 0 saturated carbocycles. The Hall–Kier alpha value is -2.22. The molecule has 0 bridgehead atoms. The molecule has 2 aromatic rings. The van der Waals surface area contributed by atoms with Gasteiger partial charge in [0.15, 0.2) is 0 Å². The standard InChI is InChI=1S/C16H20N4O3S/c1-3-13-12-6-9-24-14(12)4-8-19(13)16(21)5-7-18-10-15(20(22)23)17-11(18)2/h6,9-10,13H,3-5,7-8H2,1-2H3/t13-/m1/s1. The molecular weight excluding hydrogens is 328 g/mol. The first-order valence-corrected chi connectivity index (χ1v) is 8.93. The molecule has 0 fully saturated rings. The van der Waals surface area contributed by atoms with Crippen molar-refractivity contribution in [3.05, 3.63) is 44.0 Å². The van der Waals surface area contributed by atoms with Crippen molar-refractivity contribution in [2.75, 3.05) is 6.54 Å². The Kier molecular flexibility index (Phi) is 4.66. The number of nitro groups is 1. The molecule has 1 aliphatic rings. The van der Waals surface area contributed by atoms with Crippen molar-refractivity contribution in [2.24, 2.45) is 0 Å². The summed E-state index contributed by atoms with van der Waals surface area (Å²) >= 11 is 1.76. The number of imidazole rings is 1. The number of aromatic nitrogens is 2. The van der Waals surface area contributed by atoms with Crippen molar-refractivity contribution in [1.82, 2.24) is 14.5 Å². The van der Waals surface area contributed by atoms with Crippen LogP contribution in [0.5, 0.6) is 0 Å². The van der Waals surface area contributed by atoms with Crippen LogP contribution in [0.25, 0.3) is 0 Å². The Bertz CT molecular complexity index is 767. The maximum absolute atomic E-state index is 12.7. The molecule has 0 unspecified atom stereocenters. The zero-order valence-corrected chi connectivity index (χ0v) is 14.6. The van der Waals surface area contributed by atoms with Crippen LogP contribution in [0, 0.1) is 17.0 Å². The van der Waals surface area contributed by atoms with Gasteiger partial charge in [-0.1, -0.05) is 6.92 Å². The lowest BCUT2D eigenvalue weighted by molar-refractivity contribution is -0.389. The number of hydrogen-bond donors (Lipinski definition) is 0. The first-order valence-electron chi connectivity index (χ1n) is 8.05. The van der Waals surface area contributed by atoms with Crippen LogP contribution >= 0.6 is 11.3 Å². The summed E-state index contributed by atoms with van der Waals surface area (Å²) in [6.45, 7) is 4.97. The van der Waals surface area contributed by atoms with E-state index in [4.69, 9.17) is 0 Å². The van der Waals surface area contributed by atoms with E-state index in [0.717, 1.165) is 19.4 Å². The van der Waals surface area contributed by atoms with Crippen LogP contribution in [0.4, 0.5) is 5.82 Å². The highest BCUT2D eigenvalue weighted by Crippen LogP contribution is 2.35. The van der Waals surface area contributed by atoms with Gasteiger partial charge in [-0.3, -0.25) is 4.79 Å². The molecule has 8 heteroatoms. The lowest BCUT2D eigenvalue weighted by Gasteiger charge is -2.35. The topological polar surface area (TPSA) is 81.3 Å². The molecule has 1 atom stereocenters. The molecule has 0 radical (unpaired) electrons. The van der Waals surface area contributed by atoms with Gasteiger partial charge in [-0.15, -0.1) is 11.3 Å². The molecule has 2 aromatic heterocycles. The van der Waals surface area contributed by atoms with Gasteiger partial charge >= 0.3 is 5.82 Å². The molecule has 3 rings (SSSR count). The average molecular weight is 348 g/mol. The Morgan fingerprint density at radius 1 is 1.54 bits per heavy atom. The second kappa shape index (κ2) is 6.72. The summed E-state index contributed by atoms with van der Waals surface area (Å²) in [5.41, 5.74) is 1.27. The number of carbonyl (C=O) groups is 1. The average Bonchev–Trinajstić information content (AvgIpc) is 3.18. The van der Waals surface area contributed by atoms with Crippen molar-refractivity contribution in [1.29, 1.82) is 0 Å². The summed E-state index contributed by atoms with van der Waals surface area (Å²) in [6, 6.07) is 2.27. The summed E-state index contributed by atoms with van der Waals surface area (Å²) in [5.74, 6) is 0.474. The zero-order valence-electron chi connectivity index (χ0n) is 13.8. The predicted octanol–water partition coefficient (Wildman–Crippen LogP) is 3.09. The van der Waals surface area contributed by atoms with E-state index in [-0.39, 0.29) is 17.8 Å². The van der Waals surface area contributed by atoms with Crippen molar-refractivity contribution < 1.29 is 9.72 Å². The molecule has 0 spiro atoms. The molecule has 3 heterocycles. The van der Waals surface area contributed by atoms with Gasteiger partial charge < -0.3 is 19.6 Å². The second-order valence-electron chi connectivity index (χ2n) is 5.91. The number of amides is 1. The van der Waals surface area contributed by atoms with Crippen molar-refractivity contribution >= 4 is 23.1 Å². The quantitative estimate of drug-likeness (QED) is 0.614. The number of rotatable bonds is 5. The smallest absolute Gasteiger partial charge is 0.358 e. The van der Waals surface area contributed by atoms with Gasteiger partial charge in [0.1, 0.15) is 6.20 Å². The van der Waals surface area contributed by atoms with Crippen LogP contribution in [0.3, 0.4) is 0 Å². The number of aryl methyl sites for hydroxylation is 2. The SMILES string of the molecule is CC[C@@H]1c2ccsc2CCN1C(=O)CCn1cc([N+](=O)[O-])nc1C. The van der Waals surface area contributed by atoms with Crippen LogP contribution in [-0.2, 0) is 17.8 Å². The van der Waals surface area contributed by atoms with Crippen LogP contribution < -0.4 is 0 Å². The third kappa shape index (κ3) is 3.06. The van der Waals surface area contributed by atoms with Crippen LogP contribution in [0.2, 0.25) is 0 Å². The molecule has 0 aromatic carbocycles. The van der Waals surface area contributed by atoms with Crippen molar-refractivity contribution in [3.63, 3.8) is 0 Å². The number of nitrogens with zero attached hydrogens (tertiary/aromatic N) is 4. The number of hydrogen-bond acceptors (Lipinski definition) is 5. The summed E-state index contributed by atoms with van der Waals surface area (Å²) in [5, 5.41) is 12.9. The van der Waals surface area contributed by atoms with Crippen LogP contribution in [0.15, 0.2) is 17.6 Å². The van der Waals surface area contributed by atoms with Gasteiger partial charge in [0.05, 0.1) is 6.04 Å². The fourth-order valence-corrected chi connectivity index (χ4v) is 4.23. The van der Waals surface area contributed by atoms with E-state index in [0.29, 0.717) is 18.8 Å². The zero-order chi connectivity index (χ0) is 17.3. The van der Waals surface area contributed by atoms with Crippen molar-refractivity contribution in [3.8, 4) is 0 Å². The van der Waals surface area contributed by atoms with Crippen LogP contribution in [0.1, 0.15) is 42.1 Å². The molecular formula is C16H20N4O3S. The van der Waals surface area contributed by atoms with Gasteiger partial charge in [0.2, 0.25) is 11.7 Å². The van der Waals surface area contributed by atoms with Gasteiger partial charge in [-0.2, -0.15) is 0 Å². The minimum Gasteiger partial charge on any atom is -0.358 e. The van der Waals surface area contributed by atoms with E-state index in [1.54, 1.807) is 22.8 Å². The molecule has 1 amide bonds. The summed E-state index contributed by atoms with van der Waals surface area (Å²) in [7, 11) is 0. The normalized spacial score (nSPS) is 16.9. The maximum atomic E-state index is 12.7. The first-order chi connectivity index (χ1) is 11.5. The molecule has 128 valence electrons. The Balaban J connectivity index is 1.68. The van der Waals surface area contributed by atoms with Gasteiger partial charge in [0.25, 0.3) is 0 Å². The third-order valence-electron chi connectivity index (χ3n) is 4.52. The Morgan fingerprint density at radius 2 is 2.33 bits per heavy atom. The number of thiophene rings is 1. The van der Waals surface area contributed by atoms with E-state index < -0.39 is 4.92 Å². The van der Waals surface area contributed by atoms with E-state index >= 15 is 0 Å². The minimum atomic E-state index is -0.513. The van der Waals surface area contributed by atoms with Gasteiger partial charge in [-0.25, -0.2) is 0 Å². The van der Waals surface area contributed by atoms with E-state index in [2.05, 4.69) is 23.4 Å². The molecule has 0 N–H and O–H groups in total. The fraction of sp³-hybridized carbons (Fsp3) is 0.500. The highest BCUT2D eigenvalue weighted by atomic mass is 32.1. The summed E-state index contributed by atoms with van der Waals surface area (Å²) in [6.07, 6.45) is 3.52. The Labute approximate surface area is 144 Å². The summed E-state index contributed by atoms with van der Waals surface area (Å²) < 4.78 is 1.68. The predicted molar refractivity (Wildman–Crippen MR) is 91.0 cm³/mol. The monoisotopic (exact) mass is 348 g/mol. The van der Waals surface area contributed by atoms with E-state index in [9.17, 15) is 14.9 Å². The largest absolute Gasteiger partial charge is 0.381 e. The molecule has 24 heavy (non-hydrogen) atoms. The fourth-order valence-electron chi connectivity index (χ4n) is 3.30.